The van der Waals surface area contributed by atoms with E-state index in [-0.39, 0.29) is 30.0 Å². The first-order valence-corrected chi connectivity index (χ1v) is 9.22. The molecule has 156 valence electrons. The number of halogens is 5. The Balaban J connectivity index is 0.000000490. The lowest BCUT2D eigenvalue weighted by Gasteiger charge is -2.00. The van der Waals surface area contributed by atoms with Gasteiger partial charge in [-0.2, -0.15) is 0 Å². The number of rotatable bonds is 0. The molecule has 0 radical (unpaired) electrons. The lowest BCUT2D eigenvalue weighted by molar-refractivity contribution is 0.625. The van der Waals surface area contributed by atoms with E-state index in [1.54, 1.807) is 24.3 Å². The molecular weight excluding hydrogens is 533 g/mol. The first-order valence-electron chi connectivity index (χ1n) is 7.26. The minimum atomic E-state index is -0.489. The number of nitrogens with two attached hydrogens (primary N) is 1. The van der Waals surface area contributed by atoms with Crippen molar-refractivity contribution in [1.82, 2.24) is 16.1 Å². The van der Waals surface area contributed by atoms with Gasteiger partial charge in [0.1, 0.15) is 0 Å². The smallest absolute Gasteiger partial charge is 0.165 e. The van der Waals surface area contributed by atoms with Gasteiger partial charge in [0.2, 0.25) is 0 Å². The van der Waals surface area contributed by atoms with Gasteiger partial charge in [0, 0.05) is 19.7 Å². The third-order valence-corrected chi connectivity index (χ3v) is 4.70. The maximum Gasteiger partial charge on any atom is 0.165 e. The van der Waals surface area contributed by atoms with Crippen LogP contribution in [0.25, 0.3) is 21.8 Å². The fourth-order valence-corrected chi connectivity index (χ4v) is 3.06. The number of nitrogen functional groups attached to an aromatic ring is 1. The second-order valence-corrected chi connectivity index (χ2v) is 7.48. The van der Waals surface area contributed by atoms with E-state index < -0.39 is 11.6 Å². The molecule has 2 aromatic heterocycles. The summed E-state index contributed by atoms with van der Waals surface area (Å²) in [6, 6.07) is 13.6. The number of fused-ring (bicyclic) bond motifs is 2. The van der Waals surface area contributed by atoms with Gasteiger partial charge in [0.05, 0.1) is 11.0 Å². The van der Waals surface area contributed by atoms with Gasteiger partial charge in [0.25, 0.3) is 0 Å². The summed E-state index contributed by atoms with van der Waals surface area (Å²) in [6.45, 7) is 0. The maximum absolute atomic E-state index is 12.9. The highest BCUT2D eigenvalue weighted by molar-refractivity contribution is 9.10. The van der Waals surface area contributed by atoms with Crippen molar-refractivity contribution in [2.45, 2.75) is 7.43 Å². The van der Waals surface area contributed by atoms with Crippen LogP contribution in [-0.2, 0) is 0 Å². The van der Waals surface area contributed by atoms with E-state index in [1.165, 1.54) is 12.1 Å². The molecule has 29 heavy (non-hydrogen) atoms. The first-order chi connectivity index (χ1) is 12.3. The number of pyridine rings is 2. The zero-order chi connectivity index (χ0) is 18.8. The van der Waals surface area contributed by atoms with Crippen LogP contribution in [0.3, 0.4) is 0 Å². The van der Waals surface area contributed by atoms with Crippen LogP contribution < -0.4 is 11.9 Å². The molecule has 0 spiro atoms. The van der Waals surface area contributed by atoms with Crippen molar-refractivity contribution >= 4 is 71.1 Å². The lowest BCUT2D eigenvalue weighted by Crippen LogP contribution is -1.94. The SMILES string of the molecule is C.Fc1cc2ccc(Br)cc2nc1Cl.N.Nc1nc2cc(Br)ccc2cc1F.O. The molecular formula is C19H19Br2ClF2N4O. The van der Waals surface area contributed by atoms with Gasteiger partial charge < -0.3 is 17.4 Å². The number of benzene rings is 2. The van der Waals surface area contributed by atoms with E-state index >= 15 is 0 Å². The van der Waals surface area contributed by atoms with E-state index in [9.17, 15) is 8.78 Å². The molecule has 0 bridgehead atoms. The van der Waals surface area contributed by atoms with E-state index in [1.807, 2.05) is 12.1 Å². The van der Waals surface area contributed by atoms with Crippen molar-refractivity contribution in [2.75, 3.05) is 5.73 Å². The Morgan fingerprint density at radius 1 is 0.793 bits per heavy atom. The Bertz CT molecular complexity index is 1040. The fourth-order valence-electron chi connectivity index (χ4n) is 2.22. The molecule has 2 heterocycles. The minimum absolute atomic E-state index is 0. The summed E-state index contributed by atoms with van der Waals surface area (Å²) in [5.74, 6) is -1.03. The molecule has 0 saturated heterocycles. The van der Waals surface area contributed by atoms with Gasteiger partial charge in [-0.25, -0.2) is 18.7 Å². The summed E-state index contributed by atoms with van der Waals surface area (Å²) >= 11 is 12.1. The quantitative estimate of drug-likeness (QED) is 0.243. The third-order valence-electron chi connectivity index (χ3n) is 3.45. The summed E-state index contributed by atoms with van der Waals surface area (Å²) in [5.41, 5.74) is 6.70. The van der Waals surface area contributed by atoms with E-state index in [2.05, 4.69) is 41.8 Å². The Morgan fingerprint density at radius 3 is 1.76 bits per heavy atom. The summed E-state index contributed by atoms with van der Waals surface area (Å²) in [7, 11) is 0. The predicted octanol–water partition coefficient (Wildman–Crippen LogP) is 6.48. The molecule has 0 unspecified atom stereocenters. The standard InChI is InChI=1S/C9H4BrClFN.C9H6BrFN2.CH4.H3N.H2O/c10-6-2-1-5-3-7(12)9(11)13-8(5)4-6;10-6-2-1-5-3-7(11)9(12)13-8(5)4-6;;;/h1-4H;1-4H,(H2,12,13);1H4;1H3;1H2. The molecule has 0 aliphatic rings. The molecule has 2 aromatic carbocycles. The molecule has 0 saturated carbocycles. The average Bonchev–Trinajstić information content (AvgIpc) is 2.58. The number of nitrogens with zero attached hydrogens (tertiary/aromatic N) is 2. The van der Waals surface area contributed by atoms with Crippen molar-refractivity contribution < 1.29 is 14.3 Å². The number of hydrogen-bond acceptors (Lipinski definition) is 4. The summed E-state index contributed by atoms with van der Waals surface area (Å²) in [4.78, 5) is 7.81. The van der Waals surface area contributed by atoms with E-state index in [0.717, 1.165) is 19.7 Å². The summed E-state index contributed by atoms with van der Waals surface area (Å²) in [6.07, 6.45) is 0. The fraction of sp³-hybridized carbons (Fsp3) is 0.0526. The molecule has 0 amide bonds. The Morgan fingerprint density at radius 2 is 1.24 bits per heavy atom. The van der Waals surface area contributed by atoms with Crippen LogP contribution in [-0.4, -0.2) is 15.4 Å². The topological polar surface area (TPSA) is 118 Å². The van der Waals surface area contributed by atoms with Crippen molar-refractivity contribution in [1.29, 1.82) is 0 Å². The number of aromatic nitrogens is 2. The third kappa shape index (κ3) is 6.55. The van der Waals surface area contributed by atoms with Crippen LogP contribution >= 0.6 is 43.5 Å². The second kappa shape index (κ2) is 11.3. The monoisotopic (exact) mass is 550 g/mol. The Kier molecular flexibility index (Phi) is 10.6. The lowest BCUT2D eigenvalue weighted by atomic mass is 10.2. The largest absolute Gasteiger partial charge is 0.412 e. The van der Waals surface area contributed by atoms with Crippen molar-refractivity contribution in [2.24, 2.45) is 0 Å². The summed E-state index contributed by atoms with van der Waals surface area (Å²) in [5, 5.41) is 1.39. The van der Waals surface area contributed by atoms with Gasteiger partial charge in [-0.15, -0.1) is 0 Å². The van der Waals surface area contributed by atoms with Crippen LogP contribution in [0.1, 0.15) is 7.43 Å². The van der Waals surface area contributed by atoms with E-state index in [4.69, 9.17) is 17.3 Å². The van der Waals surface area contributed by atoms with Crippen LogP contribution in [0.4, 0.5) is 14.6 Å². The van der Waals surface area contributed by atoms with E-state index in [0.29, 0.717) is 11.0 Å². The molecule has 5 nitrogen and oxygen atoms in total. The van der Waals surface area contributed by atoms with Crippen molar-refractivity contribution in [3.05, 3.63) is 74.3 Å². The van der Waals surface area contributed by atoms with Crippen LogP contribution in [0.15, 0.2) is 57.5 Å². The van der Waals surface area contributed by atoms with Gasteiger partial charge in [-0.3, -0.25) is 0 Å². The maximum atomic E-state index is 12.9. The van der Waals surface area contributed by atoms with Crippen molar-refractivity contribution in [3.8, 4) is 0 Å². The molecule has 0 aliphatic carbocycles. The Hall–Kier alpha value is -1.91. The van der Waals surface area contributed by atoms with Crippen molar-refractivity contribution in [3.63, 3.8) is 0 Å². The normalized spacial score (nSPS) is 9.55. The summed E-state index contributed by atoms with van der Waals surface area (Å²) < 4.78 is 27.7. The molecule has 7 N–H and O–H groups in total. The highest BCUT2D eigenvalue weighted by Gasteiger charge is 2.04. The molecule has 4 rings (SSSR count). The molecule has 4 aromatic rings. The molecule has 0 fully saturated rings. The average molecular weight is 553 g/mol. The second-order valence-electron chi connectivity index (χ2n) is 5.29. The van der Waals surface area contributed by atoms with Gasteiger partial charge in [0.15, 0.2) is 22.6 Å². The van der Waals surface area contributed by atoms with Crippen LogP contribution in [0, 0.1) is 11.6 Å². The van der Waals surface area contributed by atoms with Crippen LogP contribution in [0.5, 0.6) is 0 Å². The zero-order valence-corrected chi connectivity index (χ0v) is 18.1. The van der Waals surface area contributed by atoms with Crippen LogP contribution in [0.2, 0.25) is 5.15 Å². The number of hydrogen-bond donors (Lipinski definition) is 2. The molecule has 10 heteroatoms. The predicted molar refractivity (Wildman–Crippen MR) is 124 cm³/mol. The first kappa shape index (κ1) is 27.1. The highest BCUT2D eigenvalue weighted by Crippen LogP contribution is 2.22. The van der Waals surface area contributed by atoms with Gasteiger partial charge >= 0.3 is 0 Å². The molecule has 0 atom stereocenters. The Labute approximate surface area is 188 Å². The zero-order valence-electron chi connectivity index (χ0n) is 14.2. The molecule has 0 aliphatic heterocycles. The highest BCUT2D eigenvalue weighted by atomic mass is 79.9. The number of anilines is 1. The van der Waals surface area contributed by atoms with Gasteiger partial charge in [-0.1, -0.05) is 63.0 Å². The minimum Gasteiger partial charge on any atom is -0.412 e. The van der Waals surface area contributed by atoms with Gasteiger partial charge in [-0.05, 0) is 36.4 Å².